The van der Waals surface area contributed by atoms with Gasteiger partial charge in [-0.2, -0.15) is 5.10 Å². The number of rotatable bonds is 7. The Bertz CT molecular complexity index is 875. The highest BCUT2D eigenvalue weighted by Gasteiger charge is 2.30. The molecular weight excluding hydrogens is 364 g/mol. The summed E-state index contributed by atoms with van der Waals surface area (Å²) in [7, 11) is 4.87. The number of amides is 1. The molecule has 0 unspecified atom stereocenters. The number of aromatic nitrogens is 5. The lowest BCUT2D eigenvalue weighted by Crippen LogP contribution is -2.38. The van der Waals surface area contributed by atoms with Gasteiger partial charge >= 0.3 is 5.69 Å². The molecule has 1 aliphatic heterocycles. The van der Waals surface area contributed by atoms with E-state index in [2.05, 4.69) is 10.2 Å². The van der Waals surface area contributed by atoms with Crippen LogP contribution in [0.15, 0.2) is 11.0 Å². The van der Waals surface area contributed by atoms with Crippen LogP contribution in [-0.2, 0) is 24.9 Å². The molecule has 3 rings (SSSR count). The molecule has 154 valence electrons. The molecule has 10 nitrogen and oxygen atoms in total. The van der Waals surface area contributed by atoms with Crippen LogP contribution in [0.5, 0.6) is 5.88 Å². The molecule has 0 aromatic carbocycles. The first-order valence-corrected chi connectivity index (χ1v) is 9.53. The maximum atomic E-state index is 12.8. The molecule has 0 atom stereocenters. The summed E-state index contributed by atoms with van der Waals surface area (Å²) in [5.41, 5.74) is 0.367. The van der Waals surface area contributed by atoms with Crippen molar-refractivity contribution < 1.29 is 14.3 Å². The summed E-state index contributed by atoms with van der Waals surface area (Å²) in [6.45, 7) is 4.61. The number of hydrogen-bond acceptors (Lipinski definition) is 6. The van der Waals surface area contributed by atoms with Crippen LogP contribution in [0.4, 0.5) is 0 Å². The Balaban J connectivity index is 1.71. The van der Waals surface area contributed by atoms with Gasteiger partial charge in [0, 0.05) is 45.9 Å². The summed E-state index contributed by atoms with van der Waals surface area (Å²) in [6, 6.07) is 0. The van der Waals surface area contributed by atoms with E-state index in [-0.39, 0.29) is 17.5 Å². The maximum absolute atomic E-state index is 12.8. The molecule has 1 fully saturated rings. The Morgan fingerprint density at radius 1 is 1.25 bits per heavy atom. The van der Waals surface area contributed by atoms with E-state index in [0.29, 0.717) is 44.2 Å². The molecular formula is C18H28N6O4. The summed E-state index contributed by atoms with van der Waals surface area (Å²) in [5, 5.41) is 8.70. The van der Waals surface area contributed by atoms with Gasteiger partial charge in [0.2, 0.25) is 5.88 Å². The number of carbonyl (C=O) groups excluding carboxylic acids is 1. The van der Waals surface area contributed by atoms with Gasteiger partial charge in [-0.25, -0.2) is 9.48 Å². The smallest absolute Gasteiger partial charge is 0.345 e. The Morgan fingerprint density at radius 3 is 2.57 bits per heavy atom. The molecule has 1 aliphatic rings. The van der Waals surface area contributed by atoms with Gasteiger partial charge in [-0.15, -0.1) is 5.10 Å². The zero-order valence-electron chi connectivity index (χ0n) is 16.9. The van der Waals surface area contributed by atoms with Crippen LogP contribution < -0.4 is 10.4 Å². The van der Waals surface area contributed by atoms with Gasteiger partial charge in [-0.05, 0) is 19.8 Å². The number of hydrogen-bond donors (Lipinski definition) is 0. The molecule has 0 aliphatic carbocycles. The summed E-state index contributed by atoms with van der Waals surface area (Å²) in [6.07, 6.45) is 3.20. The Hall–Kier alpha value is -2.62. The fourth-order valence-corrected chi connectivity index (χ4v) is 3.66. The van der Waals surface area contributed by atoms with E-state index in [0.717, 1.165) is 18.7 Å². The molecule has 0 radical (unpaired) electrons. The lowest BCUT2D eigenvalue weighted by molar-refractivity contribution is 0.0706. The average molecular weight is 392 g/mol. The van der Waals surface area contributed by atoms with Crippen LogP contribution in [0, 0.1) is 0 Å². The van der Waals surface area contributed by atoms with E-state index in [1.54, 1.807) is 29.6 Å². The van der Waals surface area contributed by atoms with Gasteiger partial charge in [-0.1, -0.05) is 0 Å². The van der Waals surface area contributed by atoms with Crippen LogP contribution in [0.1, 0.15) is 41.9 Å². The number of nitrogens with zero attached hydrogens (tertiary/aromatic N) is 6. The molecule has 0 saturated carbocycles. The summed E-state index contributed by atoms with van der Waals surface area (Å²) in [4.78, 5) is 27.2. The van der Waals surface area contributed by atoms with Crippen molar-refractivity contribution in [1.82, 2.24) is 29.0 Å². The highest BCUT2D eigenvalue weighted by atomic mass is 16.5. The standard InChI is InChI=1S/C18H28N6O4/c1-5-23-15(19-24(18(23)26)10-11-27-3)13-6-8-22(9-7-13)17(25)14-12-21(2)20-16(14)28-4/h12-13H,5-11H2,1-4H3. The van der Waals surface area contributed by atoms with Crippen LogP contribution >= 0.6 is 0 Å². The van der Waals surface area contributed by atoms with E-state index in [1.165, 1.54) is 11.8 Å². The molecule has 2 aromatic rings. The first-order valence-electron chi connectivity index (χ1n) is 9.53. The number of methoxy groups -OCH3 is 2. The monoisotopic (exact) mass is 392 g/mol. The number of likely N-dealkylation sites (tertiary alicyclic amines) is 1. The van der Waals surface area contributed by atoms with Gasteiger partial charge < -0.3 is 14.4 Å². The highest BCUT2D eigenvalue weighted by Crippen LogP contribution is 2.28. The van der Waals surface area contributed by atoms with Crippen molar-refractivity contribution in [3.63, 3.8) is 0 Å². The van der Waals surface area contributed by atoms with Crippen LogP contribution in [0.2, 0.25) is 0 Å². The second-order valence-corrected chi connectivity index (χ2v) is 6.89. The third-order valence-corrected chi connectivity index (χ3v) is 5.14. The Labute approximate surface area is 163 Å². The van der Waals surface area contributed by atoms with Crippen LogP contribution in [0.3, 0.4) is 0 Å². The van der Waals surface area contributed by atoms with E-state index < -0.39 is 0 Å². The third-order valence-electron chi connectivity index (χ3n) is 5.14. The summed E-state index contributed by atoms with van der Waals surface area (Å²) in [5.74, 6) is 1.21. The second-order valence-electron chi connectivity index (χ2n) is 6.89. The number of carbonyl (C=O) groups is 1. The van der Waals surface area contributed by atoms with Gasteiger partial charge in [0.1, 0.15) is 11.4 Å². The average Bonchev–Trinajstić information content (AvgIpc) is 3.25. The molecule has 0 spiro atoms. The van der Waals surface area contributed by atoms with E-state index >= 15 is 0 Å². The van der Waals surface area contributed by atoms with Crippen molar-refractivity contribution in [1.29, 1.82) is 0 Å². The molecule has 0 N–H and O–H groups in total. The van der Waals surface area contributed by atoms with E-state index in [4.69, 9.17) is 9.47 Å². The minimum atomic E-state index is -0.104. The van der Waals surface area contributed by atoms with Crippen molar-refractivity contribution in [2.75, 3.05) is 33.9 Å². The molecule has 10 heteroatoms. The van der Waals surface area contributed by atoms with E-state index in [9.17, 15) is 9.59 Å². The lowest BCUT2D eigenvalue weighted by atomic mass is 9.95. The number of ether oxygens (including phenoxy) is 2. The van der Waals surface area contributed by atoms with Gasteiger partial charge in [0.05, 0.1) is 20.3 Å². The quantitative estimate of drug-likeness (QED) is 0.680. The SMILES string of the molecule is CCn1c(C2CCN(C(=O)c3cn(C)nc3OC)CC2)nn(CCOC)c1=O. The van der Waals surface area contributed by atoms with Crippen molar-refractivity contribution in [2.45, 2.75) is 38.8 Å². The van der Waals surface area contributed by atoms with Crippen molar-refractivity contribution in [2.24, 2.45) is 7.05 Å². The molecule has 28 heavy (non-hydrogen) atoms. The van der Waals surface area contributed by atoms with E-state index in [1.807, 2.05) is 11.8 Å². The van der Waals surface area contributed by atoms with Crippen molar-refractivity contribution in [3.8, 4) is 5.88 Å². The number of piperidine rings is 1. The fourth-order valence-electron chi connectivity index (χ4n) is 3.66. The molecule has 1 saturated heterocycles. The lowest BCUT2D eigenvalue weighted by Gasteiger charge is -2.31. The van der Waals surface area contributed by atoms with Gasteiger partial charge in [0.25, 0.3) is 5.91 Å². The van der Waals surface area contributed by atoms with Gasteiger partial charge in [-0.3, -0.25) is 14.0 Å². The number of aryl methyl sites for hydroxylation is 1. The highest BCUT2D eigenvalue weighted by molar-refractivity contribution is 5.96. The normalized spacial score (nSPS) is 15.2. The zero-order valence-corrected chi connectivity index (χ0v) is 16.9. The summed E-state index contributed by atoms with van der Waals surface area (Å²) >= 11 is 0. The minimum Gasteiger partial charge on any atom is -0.479 e. The first-order chi connectivity index (χ1) is 13.5. The maximum Gasteiger partial charge on any atom is 0.345 e. The third kappa shape index (κ3) is 3.82. The summed E-state index contributed by atoms with van der Waals surface area (Å²) < 4.78 is 15.0. The minimum absolute atomic E-state index is 0.0816. The van der Waals surface area contributed by atoms with Crippen LogP contribution in [0.25, 0.3) is 0 Å². The zero-order chi connectivity index (χ0) is 20.3. The largest absolute Gasteiger partial charge is 0.479 e. The Kier molecular flexibility index (Phi) is 6.18. The molecule has 3 heterocycles. The topological polar surface area (TPSA) is 96.4 Å². The first kappa shape index (κ1) is 20.1. The fraction of sp³-hybridized carbons (Fsp3) is 0.667. The molecule has 1 amide bonds. The van der Waals surface area contributed by atoms with Gasteiger partial charge in [0.15, 0.2) is 0 Å². The predicted molar refractivity (Wildman–Crippen MR) is 102 cm³/mol. The Morgan fingerprint density at radius 2 is 1.96 bits per heavy atom. The van der Waals surface area contributed by atoms with Crippen molar-refractivity contribution in [3.05, 3.63) is 28.1 Å². The van der Waals surface area contributed by atoms with Crippen LogP contribution in [-0.4, -0.2) is 68.9 Å². The molecule has 2 aromatic heterocycles. The molecule has 0 bridgehead atoms. The van der Waals surface area contributed by atoms with Crippen molar-refractivity contribution >= 4 is 5.91 Å². The second kappa shape index (κ2) is 8.59. The predicted octanol–water partition coefficient (Wildman–Crippen LogP) is 0.473.